The van der Waals surface area contributed by atoms with Crippen molar-refractivity contribution in [2.24, 2.45) is 5.92 Å². The van der Waals surface area contributed by atoms with Crippen LogP contribution in [0.4, 0.5) is 0 Å². The second kappa shape index (κ2) is 6.44. The van der Waals surface area contributed by atoms with E-state index < -0.39 is 6.04 Å². The lowest BCUT2D eigenvalue weighted by Gasteiger charge is -2.37. The van der Waals surface area contributed by atoms with E-state index in [0.717, 1.165) is 19.3 Å². The summed E-state index contributed by atoms with van der Waals surface area (Å²) in [6.07, 6.45) is 7.96. The number of amides is 2. The molecule has 1 fully saturated rings. The smallest absolute Gasteiger partial charge is 0.246 e. The van der Waals surface area contributed by atoms with Gasteiger partial charge in [-0.15, -0.1) is 6.42 Å². The topological polar surface area (TPSA) is 49.4 Å². The molecule has 2 amide bonds. The van der Waals surface area contributed by atoms with E-state index in [0.29, 0.717) is 0 Å². The van der Waals surface area contributed by atoms with Gasteiger partial charge in [-0.1, -0.05) is 39.5 Å². The number of piperazine rings is 1. The molecule has 4 heteroatoms. The Morgan fingerprint density at radius 3 is 2.67 bits per heavy atom. The fraction of sp³-hybridized carbons (Fsp3) is 0.714. The normalized spacial score (nSPS) is 23.2. The van der Waals surface area contributed by atoms with E-state index in [1.54, 1.807) is 4.90 Å². The Balaban J connectivity index is 2.88. The molecule has 0 radical (unpaired) electrons. The molecule has 0 aromatic carbocycles. The maximum atomic E-state index is 12.4. The molecule has 0 spiro atoms. The molecule has 1 N–H and O–H groups in total. The monoisotopic (exact) mass is 250 g/mol. The van der Waals surface area contributed by atoms with Crippen LogP contribution in [0.3, 0.4) is 0 Å². The predicted molar refractivity (Wildman–Crippen MR) is 70.6 cm³/mol. The van der Waals surface area contributed by atoms with Crippen LogP contribution >= 0.6 is 0 Å². The Bertz CT molecular complexity index is 359. The van der Waals surface area contributed by atoms with Crippen molar-refractivity contribution in [3.05, 3.63) is 0 Å². The van der Waals surface area contributed by atoms with Crippen LogP contribution in [0, 0.1) is 18.3 Å². The molecule has 3 atom stereocenters. The van der Waals surface area contributed by atoms with E-state index in [1.165, 1.54) is 0 Å². The molecule has 18 heavy (non-hydrogen) atoms. The van der Waals surface area contributed by atoms with Gasteiger partial charge in [0.15, 0.2) is 0 Å². The summed E-state index contributed by atoms with van der Waals surface area (Å²) >= 11 is 0. The van der Waals surface area contributed by atoms with Gasteiger partial charge in [-0.25, -0.2) is 0 Å². The van der Waals surface area contributed by atoms with Crippen LogP contribution in [0.15, 0.2) is 0 Å². The minimum absolute atomic E-state index is 0.0413. The molecule has 1 aliphatic rings. The second-order valence-electron chi connectivity index (χ2n) is 4.87. The summed E-state index contributed by atoms with van der Waals surface area (Å²) < 4.78 is 0. The van der Waals surface area contributed by atoms with E-state index in [9.17, 15) is 9.59 Å². The molecule has 0 bridgehead atoms. The quantitative estimate of drug-likeness (QED) is 0.744. The molecule has 1 saturated heterocycles. The minimum atomic E-state index is -0.427. The first-order valence-corrected chi connectivity index (χ1v) is 6.61. The fourth-order valence-electron chi connectivity index (χ4n) is 2.18. The highest BCUT2D eigenvalue weighted by molar-refractivity contribution is 5.95. The van der Waals surface area contributed by atoms with Crippen molar-refractivity contribution in [2.75, 3.05) is 6.54 Å². The summed E-state index contributed by atoms with van der Waals surface area (Å²) in [5.41, 5.74) is 0. The zero-order valence-corrected chi connectivity index (χ0v) is 11.4. The first-order chi connectivity index (χ1) is 8.54. The van der Waals surface area contributed by atoms with Crippen molar-refractivity contribution >= 4 is 11.8 Å². The van der Waals surface area contributed by atoms with E-state index in [4.69, 9.17) is 6.42 Å². The van der Waals surface area contributed by atoms with Crippen LogP contribution in [0.2, 0.25) is 0 Å². The number of hydrogen-bond donors (Lipinski definition) is 1. The number of terminal acetylenes is 1. The van der Waals surface area contributed by atoms with Gasteiger partial charge < -0.3 is 10.2 Å². The molecule has 0 aromatic heterocycles. The summed E-state index contributed by atoms with van der Waals surface area (Å²) in [6.45, 7) is 6.08. The van der Waals surface area contributed by atoms with Crippen molar-refractivity contribution in [3.63, 3.8) is 0 Å². The molecule has 100 valence electrons. The standard InChI is InChI=1S/C14H22N2O2/c1-5-8-11(7-3)16-9-12(17)15-13(14(16)18)10(4)6-2/h3,10-11,13H,5-6,8-9H2,1-2,4H3,(H,15,17). The number of carbonyl (C=O) groups excluding carboxylic acids is 2. The molecule has 1 aliphatic heterocycles. The van der Waals surface area contributed by atoms with Crippen LogP contribution in [0.1, 0.15) is 40.0 Å². The Kier molecular flexibility index (Phi) is 5.21. The average molecular weight is 250 g/mol. The Morgan fingerprint density at radius 1 is 1.50 bits per heavy atom. The van der Waals surface area contributed by atoms with E-state index in [2.05, 4.69) is 11.2 Å². The molecular weight excluding hydrogens is 228 g/mol. The van der Waals surface area contributed by atoms with Crippen LogP contribution in [-0.4, -0.2) is 35.3 Å². The molecule has 0 aliphatic carbocycles. The molecule has 3 unspecified atom stereocenters. The van der Waals surface area contributed by atoms with Crippen molar-refractivity contribution in [3.8, 4) is 12.3 Å². The number of rotatable bonds is 5. The zero-order chi connectivity index (χ0) is 13.7. The summed E-state index contributed by atoms with van der Waals surface area (Å²) in [5, 5.41) is 2.77. The van der Waals surface area contributed by atoms with Gasteiger partial charge in [-0.3, -0.25) is 9.59 Å². The number of nitrogens with one attached hydrogen (secondary N) is 1. The van der Waals surface area contributed by atoms with Crippen LogP contribution in [-0.2, 0) is 9.59 Å². The summed E-state index contributed by atoms with van der Waals surface area (Å²) in [6, 6.07) is -0.691. The summed E-state index contributed by atoms with van der Waals surface area (Å²) in [5.74, 6) is 2.60. The number of nitrogens with zero attached hydrogens (tertiary/aromatic N) is 1. The van der Waals surface area contributed by atoms with Gasteiger partial charge in [0.2, 0.25) is 11.8 Å². The number of carbonyl (C=O) groups is 2. The first kappa shape index (κ1) is 14.6. The van der Waals surface area contributed by atoms with Gasteiger partial charge in [0.05, 0.1) is 6.04 Å². The van der Waals surface area contributed by atoms with Crippen LogP contribution in [0.25, 0.3) is 0 Å². The Labute approximate surface area is 109 Å². The SMILES string of the molecule is C#CC(CCC)N1CC(=O)NC(C(C)CC)C1=O. The third-order valence-electron chi connectivity index (χ3n) is 3.52. The second-order valence-corrected chi connectivity index (χ2v) is 4.87. The van der Waals surface area contributed by atoms with Crippen molar-refractivity contribution in [1.82, 2.24) is 10.2 Å². The Morgan fingerprint density at radius 2 is 2.17 bits per heavy atom. The predicted octanol–water partition coefficient (Wildman–Crippen LogP) is 1.16. The third kappa shape index (κ3) is 3.04. The zero-order valence-electron chi connectivity index (χ0n) is 11.4. The third-order valence-corrected chi connectivity index (χ3v) is 3.52. The van der Waals surface area contributed by atoms with Gasteiger partial charge in [-0.2, -0.15) is 0 Å². The summed E-state index contributed by atoms with van der Waals surface area (Å²) in [7, 11) is 0. The molecule has 1 heterocycles. The van der Waals surface area contributed by atoms with Gasteiger partial charge in [0.1, 0.15) is 12.6 Å². The fourth-order valence-corrected chi connectivity index (χ4v) is 2.18. The lowest BCUT2D eigenvalue weighted by Crippen LogP contribution is -2.62. The van der Waals surface area contributed by atoms with Crippen molar-refractivity contribution < 1.29 is 9.59 Å². The maximum absolute atomic E-state index is 12.4. The lowest BCUT2D eigenvalue weighted by atomic mass is 9.95. The van der Waals surface area contributed by atoms with Gasteiger partial charge in [-0.05, 0) is 12.3 Å². The highest BCUT2D eigenvalue weighted by Crippen LogP contribution is 2.17. The largest absolute Gasteiger partial charge is 0.342 e. The van der Waals surface area contributed by atoms with Crippen molar-refractivity contribution in [2.45, 2.75) is 52.1 Å². The lowest BCUT2D eigenvalue weighted by molar-refractivity contribution is -0.147. The van der Waals surface area contributed by atoms with E-state index >= 15 is 0 Å². The first-order valence-electron chi connectivity index (χ1n) is 6.61. The van der Waals surface area contributed by atoms with Crippen LogP contribution < -0.4 is 5.32 Å². The van der Waals surface area contributed by atoms with E-state index in [1.807, 2.05) is 20.8 Å². The average Bonchev–Trinajstić information content (AvgIpc) is 2.37. The molecule has 0 saturated carbocycles. The molecule has 4 nitrogen and oxygen atoms in total. The maximum Gasteiger partial charge on any atom is 0.246 e. The van der Waals surface area contributed by atoms with Crippen molar-refractivity contribution in [1.29, 1.82) is 0 Å². The van der Waals surface area contributed by atoms with E-state index in [-0.39, 0.29) is 30.3 Å². The number of hydrogen-bond acceptors (Lipinski definition) is 2. The van der Waals surface area contributed by atoms with Gasteiger partial charge in [0.25, 0.3) is 0 Å². The van der Waals surface area contributed by atoms with Crippen LogP contribution in [0.5, 0.6) is 0 Å². The highest BCUT2D eigenvalue weighted by Gasteiger charge is 2.37. The molecule has 1 rings (SSSR count). The Hall–Kier alpha value is -1.50. The highest BCUT2D eigenvalue weighted by atomic mass is 16.2. The molecular formula is C14H22N2O2. The van der Waals surface area contributed by atoms with Gasteiger partial charge in [0, 0.05) is 0 Å². The molecule has 0 aromatic rings. The van der Waals surface area contributed by atoms with Gasteiger partial charge >= 0.3 is 0 Å². The minimum Gasteiger partial charge on any atom is -0.342 e. The summed E-state index contributed by atoms with van der Waals surface area (Å²) in [4.78, 5) is 25.6.